The van der Waals surface area contributed by atoms with E-state index in [0.717, 1.165) is 37.6 Å². The molecule has 3 aromatic rings. The number of hydrogen-bond acceptors (Lipinski definition) is 4. The minimum Gasteiger partial charge on any atom is -0.378 e. The van der Waals surface area contributed by atoms with Crippen molar-refractivity contribution in [3.05, 3.63) is 78.6 Å². The van der Waals surface area contributed by atoms with Gasteiger partial charge < -0.3 is 15.0 Å². The monoisotopic (exact) mass is 374 g/mol. The quantitative estimate of drug-likeness (QED) is 0.696. The van der Waals surface area contributed by atoms with Crippen LogP contribution in [0.1, 0.15) is 5.56 Å². The zero-order valence-electron chi connectivity index (χ0n) is 15.5. The highest BCUT2D eigenvalue weighted by molar-refractivity contribution is 6.01. The van der Waals surface area contributed by atoms with E-state index in [2.05, 4.69) is 27.4 Å². The second kappa shape index (κ2) is 8.54. The van der Waals surface area contributed by atoms with Crippen LogP contribution in [-0.2, 0) is 9.53 Å². The van der Waals surface area contributed by atoms with Gasteiger partial charge in [0.15, 0.2) is 0 Å². The van der Waals surface area contributed by atoms with E-state index in [-0.39, 0.29) is 5.91 Å². The van der Waals surface area contributed by atoms with Crippen molar-refractivity contribution in [1.82, 2.24) is 9.78 Å². The molecule has 0 spiro atoms. The molecule has 0 bridgehead atoms. The summed E-state index contributed by atoms with van der Waals surface area (Å²) in [5, 5.41) is 7.11. The van der Waals surface area contributed by atoms with Gasteiger partial charge in [0.1, 0.15) is 0 Å². The number of anilines is 2. The molecule has 1 saturated heterocycles. The van der Waals surface area contributed by atoms with Crippen LogP contribution in [0.25, 0.3) is 11.8 Å². The summed E-state index contributed by atoms with van der Waals surface area (Å²) in [6, 6.07) is 17.9. The summed E-state index contributed by atoms with van der Waals surface area (Å²) in [4.78, 5) is 14.5. The van der Waals surface area contributed by atoms with E-state index in [1.54, 1.807) is 23.2 Å². The highest BCUT2D eigenvalue weighted by Gasteiger charge is 2.10. The molecule has 6 heteroatoms. The van der Waals surface area contributed by atoms with Crippen LogP contribution < -0.4 is 10.2 Å². The highest BCUT2D eigenvalue weighted by atomic mass is 16.5. The minimum atomic E-state index is -0.190. The fraction of sp³-hybridized carbons (Fsp3) is 0.182. The molecule has 1 aliphatic heterocycles. The van der Waals surface area contributed by atoms with Crippen LogP contribution in [0, 0.1) is 0 Å². The van der Waals surface area contributed by atoms with Gasteiger partial charge >= 0.3 is 0 Å². The molecule has 6 nitrogen and oxygen atoms in total. The number of hydrogen-bond donors (Lipinski definition) is 1. The fourth-order valence-corrected chi connectivity index (χ4v) is 3.08. The van der Waals surface area contributed by atoms with Gasteiger partial charge in [0.25, 0.3) is 0 Å². The second-order valence-electron chi connectivity index (χ2n) is 6.52. The van der Waals surface area contributed by atoms with Crippen LogP contribution in [-0.4, -0.2) is 42.0 Å². The second-order valence-corrected chi connectivity index (χ2v) is 6.52. The summed E-state index contributed by atoms with van der Waals surface area (Å²) in [6.45, 7) is 3.36. The van der Waals surface area contributed by atoms with Gasteiger partial charge in [-0.15, -0.1) is 0 Å². The van der Waals surface area contributed by atoms with Gasteiger partial charge in [-0.25, -0.2) is 4.68 Å². The molecule has 0 radical (unpaired) electrons. The third-order valence-electron chi connectivity index (χ3n) is 4.57. The molecule has 0 atom stereocenters. The van der Waals surface area contributed by atoms with Crippen LogP contribution in [0.15, 0.2) is 73.1 Å². The molecule has 1 fully saturated rings. The van der Waals surface area contributed by atoms with Gasteiger partial charge in [0.05, 0.1) is 37.0 Å². The zero-order valence-corrected chi connectivity index (χ0v) is 15.5. The molecular formula is C22H22N4O2. The molecule has 28 heavy (non-hydrogen) atoms. The van der Waals surface area contributed by atoms with Crippen molar-refractivity contribution in [2.75, 3.05) is 36.5 Å². The van der Waals surface area contributed by atoms with Gasteiger partial charge in [-0.2, -0.15) is 5.10 Å². The van der Waals surface area contributed by atoms with Crippen molar-refractivity contribution in [1.29, 1.82) is 0 Å². The number of rotatable bonds is 5. The maximum Gasteiger partial charge on any atom is 0.248 e. The van der Waals surface area contributed by atoms with Crippen molar-refractivity contribution < 1.29 is 9.53 Å². The first-order valence-corrected chi connectivity index (χ1v) is 9.30. The lowest BCUT2D eigenvalue weighted by molar-refractivity contribution is -0.111. The number of aromatic nitrogens is 2. The van der Waals surface area contributed by atoms with E-state index < -0.39 is 0 Å². The average molecular weight is 374 g/mol. The highest BCUT2D eigenvalue weighted by Crippen LogP contribution is 2.17. The summed E-state index contributed by atoms with van der Waals surface area (Å²) >= 11 is 0. The first-order valence-electron chi connectivity index (χ1n) is 9.30. The van der Waals surface area contributed by atoms with Gasteiger partial charge in [-0.05, 0) is 35.9 Å². The number of ether oxygens (including phenoxy) is 1. The van der Waals surface area contributed by atoms with E-state index in [9.17, 15) is 4.79 Å². The van der Waals surface area contributed by atoms with Crippen LogP contribution >= 0.6 is 0 Å². The van der Waals surface area contributed by atoms with E-state index in [1.165, 1.54) is 11.8 Å². The summed E-state index contributed by atoms with van der Waals surface area (Å²) in [5.74, 6) is -0.190. The van der Waals surface area contributed by atoms with Crippen LogP contribution in [0.5, 0.6) is 0 Å². The smallest absolute Gasteiger partial charge is 0.248 e. The third-order valence-corrected chi connectivity index (χ3v) is 4.57. The Labute approximate surface area is 164 Å². The number of morpholine rings is 1. The molecule has 1 aromatic heterocycles. The number of carbonyl (C=O) groups is 1. The number of benzene rings is 2. The Balaban J connectivity index is 1.34. The van der Waals surface area contributed by atoms with E-state index in [0.29, 0.717) is 5.69 Å². The number of nitrogens with one attached hydrogen (secondary N) is 1. The molecule has 1 N–H and O–H groups in total. The van der Waals surface area contributed by atoms with Gasteiger partial charge in [0, 0.05) is 24.9 Å². The zero-order chi connectivity index (χ0) is 19.2. The normalized spacial score (nSPS) is 14.4. The van der Waals surface area contributed by atoms with Gasteiger partial charge in [-0.1, -0.05) is 30.3 Å². The Morgan fingerprint density at radius 2 is 1.75 bits per heavy atom. The van der Waals surface area contributed by atoms with E-state index in [4.69, 9.17) is 4.74 Å². The lowest BCUT2D eigenvalue weighted by atomic mass is 10.1. The summed E-state index contributed by atoms with van der Waals surface area (Å²) in [7, 11) is 0. The van der Waals surface area contributed by atoms with Gasteiger partial charge in [0.2, 0.25) is 5.91 Å². The van der Waals surface area contributed by atoms with E-state index >= 15 is 0 Å². The third kappa shape index (κ3) is 4.47. The number of carbonyl (C=O) groups excluding carboxylic acids is 1. The van der Waals surface area contributed by atoms with E-state index in [1.807, 2.05) is 42.5 Å². The summed E-state index contributed by atoms with van der Waals surface area (Å²) in [6.07, 6.45) is 6.76. The SMILES string of the molecule is O=C(C=Cc1ccc(N2CCOCC2)cc1)Nc1cnn(-c2ccccc2)c1. The van der Waals surface area contributed by atoms with Gasteiger partial charge in [-0.3, -0.25) is 4.79 Å². The lowest BCUT2D eigenvalue weighted by Gasteiger charge is -2.28. The van der Waals surface area contributed by atoms with Crippen LogP contribution in [0.4, 0.5) is 11.4 Å². The Morgan fingerprint density at radius 1 is 1.00 bits per heavy atom. The number of amides is 1. The molecule has 4 rings (SSSR count). The minimum absolute atomic E-state index is 0.190. The number of nitrogens with zero attached hydrogens (tertiary/aromatic N) is 3. The summed E-state index contributed by atoms with van der Waals surface area (Å²) in [5.41, 5.74) is 3.76. The molecule has 0 saturated carbocycles. The average Bonchev–Trinajstić information content (AvgIpc) is 3.22. The van der Waals surface area contributed by atoms with Crippen molar-refractivity contribution in [2.45, 2.75) is 0 Å². The Bertz CT molecular complexity index is 942. The van der Waals surface area contributed by atoms with Crippen molar-refractivity contribution in [3.63, 3.8) is 0 Å². The number of para-hydroxylation sites is 1. The first-order chi connectivity index (χ1) is 13.8. The molecule has 0 aliphatic carbocycles. The van der Waals surface area contributed by atoms with Crippen LogP contribution in [0.3, 0.4) is 0 Å². The molecule has 2 aromatic carbocycles. The molecule has 1 amide bonds. The Morgan fingerprint density at radius 3 is 2.50 bits per heavy atom. The predicted octanol–water partition coefficient (Wildman–Crippen LogP) is 3.36. The van der Waals surface area contributed by atoms with Crippen molar-refractivity contribution in [2.24, 2.45) is 0 Å². The fourth-order valence-electron chi connectivity index (χ4n) is 3.08. The maximum atomic E-state index is 12.2. The van der Waals surface area contributed by atoms with Crippen LogP contribution in [0.2, 0.25) is 0 Å². The Kier molecular flexibility index (Phi) is 5.49. The molecule has 0 unspecified atom stereocenters. The summed E-state index contributed by atoms with van der Waals surface area (Å²) < 4.78 is 7.11. The topological polar surface area (TPSA) is 59.4 Å². The molecule has 1 aliphatic rings. The van der Waals surface area contributed by atoms with Crippen molar-refractivity contribution in [3.8, 4) is 5.69 Å². The molecule has 2 heterocycles. The maximum absolute atomic E-state index is 12.2. The standard InChI is InChI=1S/C22H22N4O2/c27-22(24-19-16-23-26(17-19)21-4-2-1-3-5-21)11-8-18-6-9-20(10-7-18)25-12-14-28-15-13-25/h1-11,16-17H,12-15H2,(H,24,27). The lowest BCUT2D eigenvalue weighted by Crippen LogP contribution is -2.36. The van der Waals surface area contributed by atoms with Crippen molar-refractivity contribution >= 4 is 23.4 Å². The predicted molar refractivity (Wildman–Crippen MR) is 111 cm³/mol. The first kappa shape index (κ1) is 18.0. The largest absolute Gasteiger partial charge is 0.378 e. The Hall–Kier alpha value is -3.38. The molecular weight excluding hydrogens is 352 g/mol. The molecule has 142 valence electrons.